The first-order valence-corrected chi connectivity index (χ1v) is 5.52. The Labute approximate surface area is 94.7 Å². The molecule has 0 aliphatic carbocycles. The zero-order valence-corrected chi connectivity index (χ0v) is 9.07. The van der Waals surface area contributed by atoms with Gasteiger partial charge in [0.15, 0.2) is 0 Å². The molecule has 1 atom stereocenters. The molecule has 1 aromatic rings. The van der Waals surface area contributed by atoms with Crippen LogP contribution in [-0.2, 0) is 6.42 Å². The van der Waals surface area contributed by atoms with Crippen molar-refractivity contribution in [2.45, 2.75) is 12.5 Å². The number of hydrogen-bond acceptors (Lipinski definition) is 3. The van der Waals surface area contributed by atoms with Gasteiger partial charge in [0.25, 0.3) is 0 Å². The van der Waals surface area contributed by atoms with Crippen molar-refractivity contribution in [1.29, 1.82) is 0 Å². The van der Waals surface area contributed by atoms with E-state index in [9.17, 15) is 4.79 Å². The molecule has 2 rings (SSSR count). The maximum Gasteiger partial charge on any atom is 0.335 e. The van der Waals surface area contributed by atoms with Crippen molar-refractivity contribution >= 4 is 5.97 Å². The third-order valence-electron chi connectivity index (χ3n) is 2.78. The minimum absolute atomic E-state index is 0.362. The van der Waals surface area contributed by atoms with E-state index < -0.39 is 5.97 Å². The van der Waals surface area contributed by atoms with Crippen LogP contribution in [0.5, 0.6) is 0 Å². The van der Waals surface area contributed by atoms with Crippen molar-refractivity contribution in [2.24, 2.45) is 0 Å². The summed E-state index contributed by atoms with van der Waals surface area (Å²) in [5.41, 5.74) is 1.43. The molecule has 0 spiro atoms. The summed E-state index contributed by atoms with van der Waals surface area (Å²) in [7, 11) is 0. The number of hydrogen-bond donors (Lipinski definition) is 3. The van der Waals surface area contributed by atoms with Crippen molar-refractivity contribution < 1.29 is 9.90 Å². The number of piperazine rings is 1. The third-order valence-corrected chi connectivity index (χ3v) is 2.78. The number of rotatable bonds is 3. The van der Waals surface area contributed by atoms with E-state index in [0.29, 0.717) is 11.6 Å². The molecule has 1 fully saturated rings. The molecule has 1 saturated heterocycles. The zero-order valence-electron chi connectivity index (χ0n) is 9.07. The normalized spacial score (nSPS) is 20.6. The Balaban J connectivity index is 2.02. The molecule has 1 unspecified atom stereocenters. The maximum atomic E-state index is 10.8. The van der Waals surface area contributed by atoms with Crippen LogP contribution in [0.2, 0.25) is 0 Å². The van der Waals surface area contributed by atoms with Crippen molar-refractivity contribution in [3.05, 3.63) is 35.4 Å². The molecule has 1 aliphatic rings. The molecular weight excluding hydrogens is 204 g/mol. The molecule has 4 nitrogen and oxygen atoms in total. The van der Waals surface area contributed by atoms with Crippen LogP contribution >= 0.6 is 0 Å². The summed E-state index contributed by atoms with van der Waals surface area (Å²) >= 11 is 0. The van der Waals surface area contributed by atoms with Gasteiger partial charge in [0.1, 0.15) is 0 Å². The van der Waals surface area contributed by atoms with Crippen LogP contribution in [0.3, 0.4) is 0 Å². The number of benzene rings is 1. The number of carboxylic acids is 1. The van der Waals surface area contributed by atoms with E-state index in [1.165, 1.54) is 0 Å². The average Bonchev–Trinajstić information content (AvgIpc) is 2.30. The van der Waals surface area contributed by atoms with Gasteiger partial charge >= 0.3 is 5.97 Å². The molecule has 1 aromatic carbocycles. The number of nitrogens with one attached hydrogen (secondary N) is 2. The lowest BCUT2D eigenvalue weighted by molar-refractivity contribution is 0.0696. The van der Waals surface area contributed by atoms with Crippen molar-refractivity contribution in [2.75, 3.05) is 19.6 Å². The predicted octanol–water partition coefficient (Wildman–Crippen LogP) is 0.489. The summed E-state index contributed by atoms with van der Waals surface area (Å²) < 4.78 is 0. The minimum Gasteiger partial charge on any atom is -0.478 e. The van der Waals surface area contributed by atoms with Crippen molar-refractivity contribution in [3.63, 3.8) is 0 Å². The van der Waals surface area contributed by atoms with Gasteiger partial charge in [0, 0.05) is 25.7 Å². The largest absolute Gasteiger partial charge is 0.478 e. The first-order valence-electron chi connectivity index (χ1n) is 5.52. The molecule has 1 heterocycles. The highest BCUT2D eigenvalue weighted by Gasteiger charge is 2.13. The van der Waals surface area contributed by atoms with Crippen LogP contribution in [-0.4, -0.2) is 36.8 Å². The van der Waals surface area contributed by atoms with E-state index in [4.69, 9.17) is 5.11 Å². The Morgan fingerprint density at radius 2 is 2.31 bits per heavy atom. The predicted molar refractivity (Wildman–Crippen MR) is 61.8 cm³/mol. The van der Waals surface area contributed by atoms with Crippen LogP contribution in [0.1, 0.15) is 15.9 Å². The van der Waals surface area contributed by atoms with E-state index in [1.54, 1.807) is 18.2 Å². The summed E-state index contributed by atoms with van der Waals surface area (Å²) in [5, 5.41) is 15.6. The average molecular weight is 220 g/mol. The van der Waals surface area contributed by atoms with Gasteiger partial charge in [-0.2, -0.15) is 0 Å². The van der Waals surface area contributed by atoms with Crippen LogP contribution < -0.4 is 10.6 Å². The lowest BCUT2D eigenvalue weighted by atomic mass is 10.0. The highest BCUT2D eigenvalue weighted by Crippen LogP contribution is 2.08. The van der Waals surface area contributed by atoms with Crippen LogP contribution in [0.15, 0.2) is 24.3 Å². The van der Waals surface area contributed by atoms with E-state index in [2.05, 4.69) is 10.6 Å². The molecule has 3 N–H and O–H groups in total. The van der Waals surface area contributed by atoms with Crippen LogP contribution in [0, 0.1) is 0 Å². The fourth-order valence-electron chi connectivity index (χ4n) is 1.97. The molecule has 86 valence electrons. The molecule has 4 heteroatoms. The second-order valence-corrected chi connectivity index (χ2v) is 4.06. The van der Waals surface area contributed by atoms with Crippen LogP contribution in [0.4, 0.5) is 0 Å². The smallest absolute Gasteiger partial charge is 0.335 e. The maximum absolute atomic E-state index is 10.8. The van der Waals surface area contributed by atoms with Gasteiger partial charge in [-0.1, -0.05) is 12.1 Å². The van der Waals surface area contributed by atoms with Crippen molar-refractivity contribution in [1.82, 2.24) is 10.6 Å². The van der Waals surface area contributed by atoms with Gasteiger partial charge in [-0.15, -0.1) is 0 Å². The molecule has 0 aromatic heterocycles. The van der Waals surface area contributed by atoms with E-state index in [0.717, 1.165) is 31.6 Å². The summed E-state index contributed by atoms with van der Waals surface area (Å²) in [5.74, 6) is -0.864. The Bertz CT molecular complexity index is 373. The standard InChI is InChI=1S/C12H16N2O2/c15-12(16)10-3-1-2-9(6-10)7-11-8-13-4-5-14-11/h1-3,6,11,13-14H,4-5,7-8H2,(H,15,16). The van der Waals surface area contributed by atoms with E-state index in [1.807, 2.05) is 6.07 Å². The molecule has 16 heavy (non-hydrogen) atoms. The summed E-state index contributed by atoms with van der Waals surface area (Å²) in [6, 6.07) is 7.55. The fourth-order valence-corrected chi connectivity index (χ4v) is 1.97. The second-order valence-electron chi connectivity index (χ2n) is 4.06. The third kappa shape index (κ3) is 2.81. The minimum atomic E-state index is -0.864. The lowest BCUT2D eigenvalue weighted by Crippen LogP contribution is -2.49. The van der Waals surface area contributed by atoms with Gasteiger partial charge < -0.3 is 15.7 Å². The Morgan fingerprint density at radius 3 is 3.00 bits per heavy atom. The quantitative estimate of drug-likeness (QED) is 0.693. The van der Waals surface area contributed by atoms with Gasteiger partial charge in [-0.05, 0) is 24.1 Å². The molecular formula is C12H16N2O2. The Hall–Kier alpha value is -1.39. The van der Waals surface area contributed by atoms with Gasteiger partial charge in [-0.25, -0.2) is 4.79 Å². The van der Waals surface area contributed by atoms with Crippen LogP contribution in [0.25, 0.3) is 0 Å². The lowest BCUT2D eigenvalue weighted by Gasteiger charge is -2.24. The fraction of sp³-hybridized carbons (Fsp3) is 0.417. The molecule has 0 saturated carbocycles. The second kappa shape index (κ2) is 5.09. The summed E-state index contributed by atoms with van der Waals surface area (Å²) in [6.45, 7) is 2.92. The number of aromatic carboxylic acids is 1. The van der Waals surface area contributed by atoms with Gasteiger partial charge in [0.2, 0.25) is 0 Å². The Morgan fingerprint density at radius 1 is 1.44 bits per heavy atom. The number of carboxylic acid groups (broad SMARTS) is 1. The summed E-state index contributed by atoms with van der Waals surface area (Å²) in [4.78, 5) is 10.8. The highest BCUT2D eigenvalue weighted by atomic mass is 16.4. The molecule has 0 radical (unpaired) electrons. The topological polar surface area (TPSA) is 61.4 Å². The van der Waals surface area contributed by atoms with E-state index in [-0.39, 0.29) is 0 Å². The highest BCUT2D eigenvalue weighted by molar-refractivity contribution is 5.87. The molecule has 0 amide bonds. The monoisotopic (exact) mass is 220 g/mol. The van der Waals surface area contributed by atoms with Gasteiger partial charge in [0.05, 0.1) is 5.56 Å². The first-order chi connectivity index (χ1) is 7.75. The zero-order chi connectivity index (χ0) is 11.4. The SMILES string of the molecule is O=C(O)c1cccc(CC2CNCCN2)c1. The van der Waals surface area contributed by atoms with Gasteiger partial charge in [-0.3, -0.25) is 0 Å². The molecule has 1 aliphatic heterocycles. The Kier molecular flexibility index (Phi) is 3.54. The van der Waals surface area contributed by atoms with Crippen molar-refractivity contribution in [3.8, 4) is 0 Å². The first kappa shape index (κ1) is 11.1. The molecule has 0 bridgehead atoms. The number of carbonyl (C=O) groups is 1. The summed E-state index contributed by atoms with van der Waals surface area (Å²) in [6.07, 6.45) is 0.869. The van der Waals surface area contributed by atoms with E-state index >= 15 is 0 Å².